The van der Waals surface area contributed by atoms with Gasteiger partial charge in [-0.25, -0.2) is 4.98 Å². The fourth-order valence-electron chi connectivity index (χ4n) is 3.09. The van der Waals surface area contributed by atoms with Crippen LogP contribution in [0.3, 0.4) is 0 Å². The fraction of sp³-hybridized carbons (Fsp3) is 0.136. The number of hydrogen-bond donors (Lipinski definition) is 2. The van der Waals surface area contributed by atoms with Crippen molar-refractivity contribution < 1.29 is 9.21 Å². The van der Waals surface area contributed by atoms with Crippen LogP contribution >= 0.6 is 0 Å². The van der Waals surface area contributed by atoms with Crippen LogP contribution < -0.4 is 10.9 Å². The van der Waals surface area contributed by atoms with Gasteiger partial charge >= 0.3 is 5.91 Å². The Bertz CT molecular complexity index is 1260. The van der Waals surface area contributed by atoms with Crippen LogP contribution in [-0.4, -0.2) is 20.7 Å². The highest BCUT2D eigenvalue weighted by atomic mass is 16.3. The summed E-state index contributed by atoms with van der Waals surface area (Å²) in [5.41, 5.74) is 8.99. The van der Waals surface area contributed by atoms with Crippen LogP contribution in [0.15, 0.2) is 52.9 Å². The van der Waals surface area contributed by atoms with Gasteiger partial charge in [-0.2, -0.15) is 5.10 Å². The number of furan rings is 1. The zero-order chi connectivity index (χ0) is 20.4. The first-order valence-electron chi connectivity index (χ1n) is 9.05. The number of nitrogens with one attached hydrogen (secondary N) is 2. The first kappa shape index (κ1) is 18.3. The maximum atomic E-state index is 12.4. The van der Waals surface area contributed by atoms with Crippen LogP contribution in [0.25, 0.3) is 11.0 Å². The normalized spacial score (nSPS) is 10.4. The second-order valence-corrected chi connectivity index (χ2v) is 6.59. The summed E-state index contributed by atoms with van der Waals surface area (Å²) < 4.78 is 7.23. The SMILES string of the molecule is Cc1cc(NNC(=O)c2ccc(C#Cc3ccccc3)o2)nc2c1c(C)nn2C. The highest BCUT2D eigenvalue weighted by molar-refractivity contribution is 5.92. The van der Waals surface area contributed by atoms with E-state index >= 15 is 0 Å². The van der Waals surface area contributed by atoms with E-state index in [1.54, 1.807) is 16.8 Å². The third kappa shape index (κ3) is 3.82. The van der Waals surface area contributed by atoms with Gasteiger partial charge in [-0.1, -0.05) is 24.1 Å². The van der Waals surface area contributed by atoms with E-state index in [1.807, 2.05) is 57.3 Å². The summed E-state index contributed by atoms with van der Waals surface area (Å²) in [7, 11) is 1.84. The van der Waals surface area contributed by atoms with Crippen LogP contribution in [0.5, 0.6) is 0 Å². The molecule has 7 heteroatoms. The van der Waals surface area contributed by atoms with Crippen molar-refractivity contribution in [1.29, 1.82) is 0 Å². The molecule has 2 N–H and O–H groups in total. The van der Waals surface area contributed by atoms with Crippen LogP contribution in [0, 0.1) is 25.7 Å². The third-order valence-corrected chi connectivity index (χ3v) is 4.40. The molecule has 29 heavy (non-hydrogen) atoms. The van der Waals surface area contributed by atoms with Gasteiger partial charge < -0.3 is 4.42 Å². The lowest BCUT2D eigenvalue weighted by molar-refractivity contribution is 0.0934. The Kier molecular flexibility index (Phi) is 4.75. The predicted octanol–water partition coefficient (Wildman–Crippen LogP) is 3.33. The van der Waals surface area contributed by atoms with E-state index in [1.165, 1.54) is 0 Å². The minimum absolute atomic E-state index is 0.157. The van der Waals surface area contributed by atoms with Crippen molar-refractivity contribution in [2.24, 2.45) is 7.05 Å². The van der Waals surface area contributed by atoms with E-state index in [-0.39, 0.29) is 5.76 Å². The molecule has 7 nitrogen and oxygen atoms in total. The van der Waals surface area contributed by atoms with E-state index < -0.39 is 5.91 Å². The van der Waals surface area contributed by atoms with Crippen molar-refractivity contribution >= 4 is 22.8 Å². The molecule has 0 saturated carbocycles. The Morgan fingerprint density at radius 2 is 1.90 bits per heavy atom. The Morgan fingerprint density at radius 1 is 1.10 bits per heavy atom. The number of rotatable bonds is 3. The number of benzene rings is 1. The molecule has 0 fully saturated rings. The summed E-state index contributed by atoms with van der Waals surface area (Å²) >= 11 is 0. The van der Waals surface area contributed by atoms with Gasteiger partial charge in [0.05, 0.1) is 5.69 Å². The zero-order valence-corrected chi connectivity index (χ0v) is 16.3. The number of hydrazine groups is 1. The van der Waals surface area contributed by atoms with Crippen molar-refractivity contribution in [3.05, 3.63) is 76.9 Å². The number of hydrogen-bond acceptors (Lipinski definition) is 5. The van der Waals surface area contributed by atoms with E-state index in [2.05, 4.69) is 32.8 Å². The average molecular weight is 385 g/mol. The van der Waals surface area contributed by atoms with Crippen molar-refractivity contribution in [2.75, 3.05) is 5.43 Å². The lowest BCUT2D eigenvalue weighted by Crippen LogP contribution is -2.29. The molecule has 0 aliphatic rings. The highest BCUT2D eigenvalue weighted by Crippen LogP contribution is 2.22. The molecule has 0 spiro atoms. The molecule has 144 valence electrons. The number of anilines is 1. The molecule has 4 rings (SSSR count). The van der Waals surface area contributed by atoms with Gasteiger partial charge in [-0.3, -0.25) is 20.3 Å². The number of nitrogens with zero attached hydrogens (tertiary/aromatic N) is 3. The average Bonchev–Trinajstić information content (AvgIpc) is 3.30. The second-order valence-electron chi connectivity index (χ2n) is 6.59. The lowest BCUT2D eigenvalue weighted by atomic mass is 10.1. The second kappa shape index (κ2) is 7.52. The Balaban J connectivity index is 1.46. The van der Waals surface area contributed by atoms with Crippen LogP contribution in [0.1, 0.15) is 33.1 Å². The van der Waals surface area contributed by atoms with Gasteiger partial charge in [-0.15, -0.1) is 0 Å². The minimum Gasteiger partial charge on any atom is -0.443 e. The van der Waals surface area contributed by atoms with E-state index in [4.69, 9.17) is 4.42 Å². The maximum absolute atomic E-state index is 12.4. The number of amides is 1. The number of carbonyl (C=O) groups is 1. The lowest BCUT2D eigenvalue weighted by Gasteiger charge is -2.08. The molecule has 1 amide bonds. The van der Waals surface area contributed by atoms with E-state index in [9.17, 15) is 4.79 Å². The molecule has 3 aromatic heterocycles. The number of aryl methyl sites for hydroxylation is 3. The first-order chi connectivity index (χ1) is 14.0. The fourth-order valence-corrected chi connectivity index (χ4v) is 3.09. The molecule has 0 aliphatic carbocycles. The number of fused-ring (bicyclic) bond motifs is 1. The van der Waals surface area contributed by atoms with Crippen molar-refractivity contribution in [3.8, 4) is 11.8 Å². The molecular formula is C22H19N5O2. The standard InChI is InChI=1S/C22H19N5O2/c1-14-13-19(23-21-20(14)15(2)26-27(21)3)24-25-22(28)18-12-11-17(29-18)10-9-16-7-5-4-6-8-16/h4-8,11-13H,1-3H3,(H,23,24)(H,25,28). The van der Waals surface area contributed by atoms with Crippen molar-refractivity contribution in [3.63, 3.8) is 0 Å². The van der Waals surface area contributed by atoms with E-state index in [0.29, 0.717) is 11.6 Å². The minimum atomic E-state index is -0.418. The van der Waals surface area contributed by atoms with Gasteiger partial charge in [-0.05, 0) is 55.7 Å². The Morgan fingerprint density at radius 3 is 2.69 bits per heavy atom. The largest absolute Gasteiger partial charge is 0.443 e. The Hall–Kier alpha value is -4.05. The molecule has 4 aromatic rings. The summed E-state index contributed by atoms with van der Waals surface area (Å²) in [5.74, 6) is 6.57. The molecule has 0 bridgehead atoms. The van der Waals surface area contributed by atoms with Crippen molar-refractivity contribution in [1.82, 2.24) is 20.2 Å². The number of pyridine rings is 1. The molecule has 3 heterocycles. The molecule has 0 radical (unpaired) electrons. The topological polar surface area (TPSA) is 85.0 Å². The summed E-state index contributed by atoms with van der Waals surface area (Å²) in [4.78, 5) is 16.9. The summed E-state index contributed by atoms with van der Waals surface area (Å²) in [5, 5.41) is 5.40. The van der Waals surface area contributed by atoms with Gasteiger partial charge in [0.1, 0.15) is 5.82 Å². The maximum Gasteiger partial charge on any atom is 0.305 e. The van der Waals surface area contributed by atoms with Crippen LogP contribution in [0.4, 0.5) is 5.82 Å². The zero-order valence-electron chi connectivity index (χ0n) is 16.3. The Labute approximate surface area is 167 Å². The molecule has 0 saturated heterocycles. The monoisotopic (exact) mass is 385 g/mol. The first-order valence-corrected chi connectivity index (χ1v) is 9.05. The van der Waals surface area contributed by atoms with Crippen molar-refractivity contribution in [2.45, 2.75) is 13.8 Å². The molecule has 0 atom stereocenters. The predicted molar refractivity (Wildman–Crippen MR) is 110 cm³/mol. The molecule has 0 unspecified atom stereocenters. The van der Waals surface area contributed by atoms with Gasteiger partial charge in [0, 0.05) is 18.0 Å². The third-order valence-electron chi connectivity index (χ3n) is 4.40. The van der Waals surface area contributed by atoms with Gasteiger partial charge in [0.2, 0.25) is 0 Å². The molecule has 1 aromatic carbocycles. The molecular weight excluding hydrogens is 366 g/mol. The van der Waals surface area contributed by atoms with Crippen LogP contribution in [0.2, 0.25) is 0 Å². The van der Waals surface area contributed by atoms with Gasteiger partial charge in [0.25, 0.3) is 0 Å². The number of aromatic nitrogens is 3. The quantitative estimate of drug-likeness (QED) is 0.417. The smallest absolute Gasteiger partial charge is 0.305 e. The summed E-state index contributed by atoms with van der Waals surface area (Å²) in [6.45, 7) is 3.93. The summed E-state index contributed by atoms with van der Waals surface area (Å²) in [6, 6.07) is 14.7. The van der Waals surface area contributed by atoms with E-state index in [0.717, 1.165) is 27.9 Å². The number of carbonyl (C=O) groups excluding carboxylic acids is 1. The van der Waals surface area contributed by atoms with Gasteiger partial charge in [0.15, 0.2) is 17.2 Å². The molecule has 0 aliphatic heterocycles. The summed E-state index contributed by atoms with van der Waals surface area (Å²) in [6.07, 6.45) is 0. The van der Waals surface area contributed by atoms with Crippen LogP contribution in [-0.2, 0) is 7.05 Å². The highest BCUT2D eigenvalue weighted by Gasteiger charge is 2.13.